The van der Waals surface area contributed by atoms with E-state index in [1.165, 1.54) is 7.11 Å². The second-order valence-corrected chi connectivity index (χ2v) is 5.33. The van der Waals surface area contributed by atoms with E-state index in [2.05, 4.69) is 15.4 Å². The second-order valence-electron chi connectivity index (χ2n) is 5.33. The zero-order valence-electron chi connectivity index (χ0n) is 14.4. The van der Waals surface area contributed by atoms with Crippen molar-refractivity contribution in [3.8, 4) is 5.75 Å². The first-order chi connectivity index (χ1) is 12.0. The third-order valence-corrected chi connectivity index (χ3v) is 3.47. The van der Waals surface area contributed by atoms with Crippen LogP contribution in [-0.2, 0) is 11.3 Å². The first-order valence-electron chi connectivity index (χ1n) is 7.62. The fraction of sp³-hybridized carbons (Fsp3) is 0.222. The normalized spacial score (nSPS) is 9.88. The van der Waals surface area contributed by atoms with Gasteiger partial charge in [0.15, 0.2) is 0 Å². The highest BCUT2D eigenvalue weighted by Crippen LogP contribution is 2.17. The van der Waals surface area contributed by atoms with Crippen LogP contribution in [0.4, 0.5) is 21.0 Å². The zero-order valence-corrected chi connectivity index (χ0v) is 14.4. The van der Waals surface area contributed by atoms with Gasteiger partial charge in [-0.3, -0.25) is 5.32 Å². The van der Waals surface area contributed by atoms with E-state index in [1.807, 2.05) is 24.3 Å². The maximum absolute atomic E-state index is 12.3. The second kappa shape index (κ2) is 8.58. The predicted molar refractivity (Wildman–Crippen MR) is 95.9 cm³/mol. The molecule has 25 heavy (non-hydrogen) atoms. The molecule has 0 fully saturated rings. The van der Waals surface area contributed by atoms with Crippen LogP contribution in [0, 0.1) is 0 Å². The van der Waals surface area contributed by atoms with Crippen LogP contribution in [0.5, 0.6) is 5.75 Å². The van der Waals surface area contributed by atoms with Crippen molar-refractivity contribution in [3.05, 3.63) is 54.1 Å². The summed E-state index contributed by atoms with van der Waals surface area (Å²) < 4.78 is 9.66. The van der Waals surface area contributed by atoms with E-state index in [-0.39, 0.29) is 6.03 Å². The van der Waals surface area contributed by atoms with Gasteiger partial charge in [0.1, 0.15) is 5.75 Å². The number of ether oxygens (including phenoxy) is 2. The van der Waals surface area contributed by atoms with E-state index in [0.29, 0.717) is 17.9 Å². The molecule has 0 heterocycles. The molecule has 0 radical (unpaired) electrons. The fourth-order valence-corrected chi connectivity index (χ4v) is 2.14. The van der Waals surface area contributed by atoms with Gasteiger partial charge in [-0.15, -0.1) is 0 Å². The molecular formula is C18H21N3O4. The number of carbonyl (C=O) groups excluding carboxylic acids is 2. The topological polar surface area (TPSA) is 79.9 Å². The molecule has 2 aromatic carbocycles. The van der Waals surface area contributed by atoms with Crippen molar-refractivity contribution < 1.29 is 19.1 Å². The Kier molecular flexibility index (Phi) is 6.22. The summed E-state index contributed by atoms with van der Waals surface area (Å²) in [5.41, 5.74) is 2.09. The van der Waals surface area contributed by atoms with Gasteiger partial charge in [0.05, 0.1) is 14.2 Å². The van der Waals surface area contributed by atoms with Gasteiger partial charge in [-0.05, 0) is 35.9 Å². The average Bonchev–Trinajstić information content (AvgIpc) is 2.62. The Morgan fingerprint density at radius 3 is 2.24 bits per heavy atom. The van der Waals surface area contributed by atoms with E-state index in [1.54, 1.807) is 43.3 Å². The molecular weight excluding hydrogens is 322 g/mol. The molecule has 2 N–H and O–H groups in total. The molecule has 0 bridgehead atoms. The molecule has 0 atom stereocenters. The molecule has 0 aliphatic carbocycles. The van der Waals surface area contributed by atoms with Crippen molar-refractivity contribution in [2.75, 3.05) is 31.9 Å². The van der Waals surface area contributed by atoms with E-state index >= 15 is 0 Å². The molecule has 0 aliphatic heterocycles. The number of nitrogens with zero attached hydrogens (tertiary/aromatic N) is 1. The molecule has 2 rings (SSSR count). The monoisotopic (exact) mass is 343 g/mol. The summed E-state index contributed by atoms with van der Waals surface area (Å²) in [6.07, 6.45) is -0.569. The summed E-state index contributed by atoms with van der Waals surface area (Å²) >= 11 is 0. The SMILES string of the molecule is COC(=O)Nc1cccc(NC(=O)N(C)Cc2ccc(OC)cc2)c1. The van der Waals surface area contributed by atoms with Gasteiger partial charge in [-0.25, -0.2) is 9.59 Å². The fourth-order valence-electron chi connectivity index (χ4n) is 2.14. The number of benzene rings is 2. The van der Waals surface area contributed by atoms with Gasteiger partial charge in [-0.2, -0.15) is 0 Å². The molecule has 0 aromatic heterocycles. The summed E-state index contributed by atoms with van der Waals surface area (Å²) in [7, 11) is 4.60. The van der Waals surface area contributed by atoms with Crippen molar-refractivity contribution in [1.82, 2.24) is 4.90 Å². The van der Waals surface area contributed by atoms with Crippen molar-refractivity contribution in [2.45, 2.75) is 6.54 Å². The van der Waals surface area contributed by atoms with Crippen LogP contribution in [0.3, 0.4) is 0 Å². The number of amides is 3. The lowest BCUT2D eigenvalue weighted by Gasteiger charge is -2.18. The number of methoxy groups -OCH3 is 2. The quantitative estimate of drug-likeness (QED) is 0.870. The number of carbonyl (C=O) groups is 2. The standard InChI is InChI=1S/C18H21N3O4/c1-21(12-13-7-9-16(24-2)10-8-13)17(22)19-14-5-4-6-15(11-14)20-18(23)25-3/h4-11H,12H2,1-3H3,(H,19,22)(H,20,23). The van der Waals surface area contributed by atoms with Gasteiger partial charge >= 0.3 is 12.1 Å². The Morgan fingerprint density at radius 1 is 1.00 bits per heavy atom. The van der Waals surface area contributed by atoms with Gasteiger partial charge in [0.2, 0.25) is 0 Å². The van der Waals surface area contributed by atoms with Crippen LogP contribution < -0.4 is 15.4 Å². The van der Waals surface area contributed by atoms with E-state index in [0.717, 1.165) is 11.3 Å². The third-order valence-electron chi connectivity index (χ3n) is 3.47. The molecule has 132 valence electrons. The number of urea groups is 1. The molecule has 3 amide bonds. The molecule has 0 saturated carbocycles. The molecule has 0 spiro atoms. The predicted octanol–water partition coefficient (Wildman–Crippen LogP) is 3.54. The van der Waals surface area contributed by atoms with Crippen LogP contribution >= 0.6 is 0 Å². The maximum atomic E-state index is 12.3. The van der Waals surface area contributed by atoms with Crippen molar-refractivity contribution in [1.29, 1.82) is 0 Å². The third kappa shape index (κ3) is 5.42. The molecule has 7 heteroatoms. The Balaban J connectivity index is 1.95. The number of hydrogen-bond donors (Lipinski definition) is 2. The molecule has 0 unspecified atom stereocenters. The zero-order chi connectivity index (χ0) is 18.2. The number of anilines is 2. The average molecular weight is 343 g/mol. The molecule has 0 aliphatic rings. The minimum atomic E-state index is -0.569. The highest BCUT2D eigenvalue weighted by atomic mass is 16.5. The smallest absolute Gasteiger partial charge is 0.411 e. The summed E-state index contributed by atoms with van der Waals surface area (Å²) in [5, 5.41) is 5.33. The number of nitrogens with one attached hydrogen (secondary N) is 2. The first-order valence-corrected chi connectivity index (χ1v) is 7.62. The number of hydrogen-bond acceptors (Lipinski definition) is 4. The van der Waals surface area contributed by atoms with Crippen LogP contribution in [0.2, 0.25) is 0 Å². The summed E-state index contributed by atoms with van der Waals surface area (Å²) in [4.78, 5) is 25.1. The molecule has 2 aromatic rings. The minimum absolute atomic E-state index is 0.258. The van der Waals surface area contributed by atoms with Crippen LogP contribution in [0.15, 0.2) is 48.5 Å². The van der Waals surface area contributed by atoms with Crippen molar-refractivity contribution in [3.63, 3.8) is 0 Å². The van der Waals surface area contributed by atoms with E-state index in [9.17, 15) is 9.59 Å². The van der Waals surface area contributed by atoms with Gasteiger partial charge < -0.3 is 19.7 Å². The largest absolute Gasteiger partial charge is 0.497 e. The lowest BCUT2D eigenvalue weighted by molar-refractivity contribution is 0.187. The lowest BCUT2D eigenvalue weighted by atomic mass is 10.2. The molecule has 7 nitrogen and oxygen atoms in total. The summed E-state index contributed by atoms with van der Waals surface area (Å²) in [6, 6.07) is 14.1. The number of rotatable bonds is 5. The molecule has 0 saturated heterocycles. The van der Waals surface area contributed by atoms with Crippen molar-refractivity contribution >= 4 is 23.5 Å². The van der Waals surface area contributed by atoms with Gasteiger partial charge in [0, 0.05) is 25.0 Å². The lowest BCUT2D eigenvalue weighted by Crippen LogP contribution is -2.30. The van der Waals surface area contributed by atoms with E-state index < -0.39 is 6.09 Å². The first kappa shape index (κ1) is 18.1. The van der Waals surface area contributed by atoms with Crippen LogP contribution in [0.25, 0.3) is 0 Å². The van der Waals surface area contributed by atoms with Crippen LogP contribution in [-0.4, -0.2) is 38.3 Å². The van der Waals surface area contributed by atoms with Gasteiger partial charge in [-0.1, -0.05) is 18.2 Å². The summed E-state index contributed by atoms with van der Waals surface area (Å²) in [5.74, 6) is 0.769. The maximum Gasteiger partial charge on any atom is 0.411 e. The highest BCUT2D eigenvalue weighted by molar-refractivity contribution is 5.91. The summed E-state index contributed by atoms with van der Waals surface area (Å²) in [6.45, 7) is 0.454. The van der Waals surface area contributed by atoms with Crippen LogP contribution in [0.1, 0.15) is 5.56 Å². The Hall–Kier alpha value is -3.22. The van der Waals surface area contributed by atoms with Gasteiger partial charge in [0.25, 0.3) is 0 Å². The minimum Gasteiger partial charge on any atom is -0.497 e. The Morgan fingerprint density at radius 2 is 1.64 bits per heavy atom. The van der Waals surface area contributed by atoms with E-state index in [4.69, 9.17) is 4.74 Å². The van der Waals surface area contributed by atoms with Crippen molar-refractivity contribution in [2.24, 2.45) is 0 Å². The Bertz CT molecular complexity index is 731. The highest BCUT2D eigenvalue weighted by Gasteiger charge is 2.10. The Labute approximate surface area is 146 Å².